The average molecular weight is 462 g/mol. The number of hydrogen-bond acceptors (Lipinski definition) is 2. The van der Waals surface area contributed by atoms with Crippen LogP contribution in [0.1, 0.15) is 49.9 Å². The van der Waals surface area contributed by atoms with Gasteiger partial charge in [-0.05, 0) is 94.1 Å². The topological polar surface area (TPSA) is 34.1 Å². The van der Waals surface area contributed by atoms with Crippen LogP contribution in [0.3, 0.4) is 0 Å². The summed E-state index contributed by atoms with van der Waals surface area (Å²) in [4.78, 5) is 22.4. The molecule has 28 heavy (non-hydrogen) atoms. The van der Waals surface area contributed by atoms with E-state index in [0.29, 0.717) is 10.0 Å². The third-order valence-corrected chi connectivity index (χ3v) is 5.89. The minimum Gasteiger partial charge on any atom is -0.280 e. The fourth-order valence-electron chi connectivity index (χ4n) is 2.48. The molecule has 0 aliphatic carbocycles. The van der Waals surface area contributed by atoms with Crippen LogP contribution in [0.15, 0.2) is 36.4 Å². The van der Waals surface area contributed by atoms with Gasteiger partial charge in [-0.3, -0.25) is 9.59 Å². The molecule has 0 saturated carbocycles. The fourth-order valence-corrected chi connectivity index (χ4v) is 3.22. The SMILES string of the molecule is CC(C)(C(=O)Cl)c1cc(Cl)cc(Cl)c1.Cc1cc(C)cc(C(C)(C)C(=O)Cl)c1. The van der Waals surface area contributed by atoms with Crippen LogP contribution < -0.4 is 0 Å². The van der Waals surface area contributed by atoms with E-state index in [-0.39, 0.29) is 5.24 Å². The minimum absolute atomic E-state index is 0.317. The zero-order valence-electron chi connectivity index (χ0n) is 16.8. The molecule has 0 aliphatic heterocycles. The smallest absolute Gasteiger partial charge is 0.231 e. The molecule has 0 amide bonds. The van der Waals surface area contributed by atoms with Crippen LogP contribution in [-0.2, 0) is 20.4 Å². The van der Waals surface area contributed by atoms with E-state index in [9.17, 15) is 9.59 Å². The zero-order chi connectivity index (χ0) is 21.9. The fraction of sp³-hybridized carbons (Fsp3) is 0.364. The molecule has 0 saturated heterocycles. The molecule has 0 aromatic heterocycles. The van der Waals surface area contributed by atoms with Crippen molar-refractivity contribution in [3.8, 4) is 0 Å². The van der Waals surface area contributed by atoms with Crippen LogP contribution in [0.5, 0.6) is 0 Å². The van der Waals surface area contributed by atoms with Crippen molar-refractivity contribution in [2.24, 2.45) is 0 Å². The second-order valence-corrected chi connectivity index (χ2v) is 9.39. The third kappa shape index (κ3) is 6.49. The number of halogens is 4. The third-order valence-electron chi connectivity index (χ3n) is 4.51. The zero-order valence-corrected chi connectivity index (χ0v) is 19.8. The summed E-state index contributed by atoms with van der Waals surface area (Å²) in [6.45, 7) is 11.2. The van der Waals surface area contributed by atoms with Gasteiger partial charge >= 0.3 is 0 Å². The molecule has 152 valence electrons. The van der Waals surface area contributed by atoms with Crippen molar-refractivity contribution in [2.45, 2.75) is 52.4 Å². The van der Waals surface area contributed by atoms with Gasteiger partial charge in [0.25, 0.3) is 0 Å². The maximum atomic E-state index is 11.3. The van der Waals surface area contributed by atoms with Gasteiger partial charge in [-0.2, -0.15) is 0 Å². The average Bonchev–Trinajstić information content (AvgIpc) is 2.53. The van der Waals surface area contributed by atoms with Crippen LogP contribution in [0.4, 0.5) is 0 Å². The van der Waals surface area contributed by atoms with Gasteiger partial charge in [0.1, 0.15) is 0 Å². The number of hydrogen-bond donors (Lipinski definition) is 0. The van der Waals surface area contributed by atoms with E-state index in [1.807, 2.05) is 39.8 Å². The second-order valence-electron chi connectivity index (χ2n) is 7.83. The Bertz CT molecular complexity index is 772. The van der Waals surface area contributed by atoms with E-state index in [0.717, 1.165) is 22.3 Å². The van der Waals surface area contributed by atoms with Gasteiger partial charge in [0.05, 0.1) is 10.8 Å². The molecule has 2 rings (SSSR count). The normalized spacial score (nSPS) is 11.5. The summed E-state index contributed by atoms with van der Waals surface area (Å²) in [6.07, 6.45) is 0. The van der Waals surface area contributed by atoms with Gasteiger partial charge in [0, 0.05) is 10.0 Å². The van der Waals surface area contributed by atoms with E-state index < -0.39 is 16.1 Å². The van der Waals surface area contributed by atoms with Crippen molar-refractivity contribution < 1.29 is 9.59 Å². The quantitative estimate of drug-likeness (QED) is 0.445. The Morgan fingerprint density at radius 2 is 0.964 bits per heavy atom. The molecule has 2 aromatic rings. The minimum atomic E-state index is -0.768. The summed E-state index contributed by atoms with van der Waals surface area (Å²) >= 11 is 22.7. The van der Waals surface area contributed by atoms with Crippen molar-refractivity contribution in [1.29, 1.82) is 0 Å². The van der Waals surface area contributed by atoms with Crippen molar-refractivity contribution in [1.82, 2.24) is 0 Å². The molecule has 0 atom stereocenters. The summed E-state index contributed by atoms with van der Waals surface area (Å²) in [7, 11) is 0. The van der Waals surface area contributed by atoms with E-state index in [2.05, 4.69) is 6.07 Å². The van der Waals surface area contributed by atoms with E-state index >= 15 is 0 Å². The molecule has 6 heteroatoms. The summed E-state index contributed by atoms with van der Waals surface area (Å²) in [5, 5.41) is 0.246. The van der Waals surface area contributed by atoms with E-state index in [1.54, 1.807) is 32.0 Å². The molecule has 2 nitrogen and oxygen atoms in total. The van der Waals surface area contributed by atoms with Gasteiger partial charge in [-0.15, -0.1) is 0 Å². The van der Waals surface area contributed by atoms with Crippen LogP contribution >= 0.6 is 46.4 Å². The number of aryl methyl sites for hydroxylation is 2. The lowest BCUT2D eigenvalue weighted by atomic mass is 9.84. The Kier molecular flexibility index (Phi) is 8.59. The molecule has 0 heterocycles. The molecule has 2 aromatic carbocycles. The van der Waals surface area contributed by atoms with E-state index in [1.165, 1.54) is 0 Å². The number of carbonyl (C=O) groups excluding carboxylic acids is 2. The molecule has 0 fully saturated rings. The summed E-state index contributed by atoms with van der Waals surface area (Å²) in [5.41, 5.74) is 2.65. The monoisotopic (exact) mass is 460 g/mol. The van der Waals surface area contributed by atoms with Gasteiger partial charge in [0.15, 0.2) is 0 Å². The van der Waals surface area contributed by atoms with Gasteiger partial charge in [-0.25, -0.2) is 0 Å². The molecule has 0 aliphatic rings. The molecule has 0 N–H and O–H groups in total. The molecule has 0 spiro atoms. The molecule has 0 bridgehead atoms. The van der Waals surface area contributed by atoms with Crippen LogP contribution in [-0.4, -0.2) is 10.5 Å². The number of benzene rings is 2. The van der Waals surface area contributed by atoms with Crippen molar-refractivity contribution in [3.05, 3.63) is 68.7 Å². The highest BCUT2D eigenvalue weighted by Gasteiger charge is 2.29. The van der Waals surface area contributed by atoms with Gasteiger partial charge < -0.3 is 0 Å². The Balaban J connectivity index is 0.000000280. The lowest BCUT2D eigenvalue weighted by molar-refractivity contribution is -0.116. The first-order valence-electron chi connectivity index (χ1n) is 8.63. The molecular formula is C22H24Cl4O2. The standard InChI is InChI=1S/C12H15ClO.C10H9Cl3O/c1-8-5-9(2)7-10(6-8)12(3,4)11(13)14;1-10(2,9(13)14)6-3-7(11)5-8(12)4-6/h5-7H,1-4H3;3-5H,1-2H3. The number of rotatable bonds is 4. The van der Waals surface area contributed by atoms with Crippen molar-refractivity contribution >= 4 is 56.9 Å². The van der Waals surface area contributed by atoms with Gasteiger partial charge in [0.2, 0.25) is 10.5 Å². The Labute approximate surface area is 187 Å². The summed E-state index contributed by atoms with van der Waals surface area (Å²) in [6, 6.07) is 11.1. The molecule has 0 unspecified atom stereocenters. The van der Waals surface area contributed by atoms with E-state index in [4.69, 9.17) is 46.4 Å². The van der Waals surface area contributed by atoms with Gasteiger partial charge in [-0.1, -0.05) is 52.5 Å². The number of carbonyl (C=O) groups is 2. The highest BCUT2D eigenvalue weighted by molar-refractivity contribution is 6.65. The summed E-state index contributed by atoms with van der Waals surface area (Å²) < 4.78 is 0. The Hall–Kier alpha value is -1.06. The maximum absolute atomic E-state index is 11.3. The molecule has 0 radical (unpaired) electrons. The first-order valence-corrected chi connectivity index (χ1v) is 10.1. The lowest BCUT2D eigenvalue weighted by Crippen LogP contribution is -2.24. The molecular weight excluding hydrogens is 438 g/mol. The van der Waals surface area contributed by atoms with Crippen molar-refractivity contribution in [3.63, 3.8) is 0 Å². The highest BCUT2D eigenvalue weighted by atomic mass is 35.5. The highest BCUT2D eigenvalue weighted by Crippen LogP contribution is 2.31. The predicted molar refractivity (Wildman–Crippen MR) is 120 cm³/mol. The van der Waals surface area contributed by atoms with Crippen LogP contribution in [0.2, 0.25) is 10.0 Å². The van der Waals surface area contributed by atoms with Crippen LogP contribution in [0, 0.1) is 13.8 Å². The first-order chi connectivity index (χ1) is 12.7. The first kappa shape index (κ1) is 25.0. The predicted octanol–water partition coefficient (Wildman–Crippen LogP) is 7.38. The maximum Gasteiger partial charge on any atom is 0.231 e. The van der Waals surface area contributed by atoms with Crippen LogP contribution in [0.25, 0.3) is 0 Å². The summed E-state index contributed by atoms with van der Waals surface area (Å²) in [5.74, 6) is 0. The lowest BCUT2D eigenvalue weighted by Gasteiger charge is -2.21. The Morgan fingerprint density at radius 3 is 1.29 bits per heavy atom. The largest absolute Gasteiger partial charge is 0.280 e. The second kappa shape index (κ2) is 9.63. The Morgan fingerprint density at radius 1 is 0.643 bits per heavy atom. The van der Waals surface area contributed by atoms with Crippen molar-refractivity contribution in [2.75, 3.05) is 0 Å².